The molecule has 0 aliphatic heterocycles. The van der Waals surface area contributed by atoms with Crippen molar-refractivity contribution in [2.45, 2.75) is 44.6 Å². The molecule has 0 unspecified atom stereocenters. The van der Waals surface area contributed by atoms with Crippen molar-refractivity contribution in [1.29, 1.82) is 0 Å². The Bertz CT molecular complexity index is 825. The van der Waals surface area contributed by atoms with Crippen LogP contribution in [0.4, 0.5) is 4.39 Å². The molecule has 2 aromatic rings. The summed E-state index contributed by atoms with van der Waals surface area (Å²) in [5.74, 6) is -1.51. The van der Waals surface area contributed by atoms with Crippen LogP contribution in [-0.2, 0) is 4.79 Å². The van der Waals surface area contributed by atoms with E-state index in [1.54, 1.807) is 6.92 Å². The molecule has 1 aromatic carbocycles. The van der Waals surface area contributed by atoms with Crippen LogP contribution in [0.5, 0.6) is 0 Å². The van der Waals surface area contributed by atoms with E-state index in [1.807, 2.05) is 0 Å². The fourth-order valence-corrected chi connectivity index (χ4v) is 3.48. The van der Waals surface area contributed by atoms with Crippen LogP contribution in [0.1, 0.15) is 48.5 Å². The van der Waals surface area contributed by atoms with E-state index >= 15 is 0 Å². The molecule has 1 amide bonds. The molecule has 1 aliphatic rings. The van der Waals surface area contributed by atoms with Crippen molar-refractivity contribution in [3.63, 3.8) is 0 Å². The molecule has 1 aliphatic carbocycles. The number of benzene rings is 1. The van der Waals surface area contributed by atoms with E-state index in [9.17, 15) is 19.1 Å². The molecule has 1 heterocycles. The van der Waals surface area contributed by atoms with Crippen LogP contribution in [0.2, 0.25) is 0 Å². The number of carbonyl (C=O) groups excluding carboxylic acids is 1. The van der Waals surface area contributed by atoms with Gasteiger partial charge in [-0.15, -0.1) is 5.10 Å². The van der Waals surface area contributed by atoms with Gasteiger partial charge in [0.15, 0.2) is 0 Å². The van der Waals surface area contributed by atoms with Gasteiger partial charge in [0.05, 0.1) is 5.69 Å². The third-order valence-electron chi connectivity index (χ3n) is 5.06. The van der Waals surface area contributed by atoms with Crippen LogP contribution in [0, 0.1) is 12.7 Å². The number of hydrogen-bond acceptors (Lipinski definition) is 4. The van der Waals surface area contributed by atoms with Crippen LogP contribution < -0.4 is 0 Å². The van der Waals surface area contributed by atoms with E-state index < -0.39 is 17.4 Å². The summed E-state index contributed by atoms with van der Waals surface area (Å²) in [6, 6.07) is 5.67. The normalized spacial score (nSPS) is 16.3. The van der Waals surface area contributed by atoms with Gasteiger partial charge in [0, 0.05) is 7.05 Å². The van der Waals surface area contributed by atoms with Crippen molar-refractivity contribution >= 4 is 11.9 Å². The molecular formula is C18H21FN4O3. The maximum atomic E-state index is 13.1. The van der Waals surface area contributed by atoms with Gasteiger partial charge >= 0.3 is 5.97 Å². The number of aromatic nitrogens is 3. The quantitative estimate of drug-likeness (QED) is 0.905. The van der Waals surface area contributed by atoms with Gasteiger partial charge in [-0.1, -0.05) is 19.3 Å². The molecule has 7 nitrogen and oxygen atoms in total. The Morgan fingerprint density at radius 3 is 2.38 bits per heavy atom. The highest BCUT2D eigenvalue weighted by Gasteiger charge is 2.46. The molecule has 138 valence electrons. The molecular weight excluding hydrogens is 339 g/mol. The van der Waals surface area contributed by atoms with Gasteiger partial charge in [0.25, 0.3) is 5.91 Å². The van der Waals surface area contributed by atoms with Gasteiger partial charge in [-0.05, 0) is 44.0 Å². The minimum atomic E-state index is -1.22. The Labute approximate surface area is 150 Å². The second kappa shape index (κ2) is 6.86. The molecule has 0 spiro atoms. The molecule has 3 rings (SSSR count). The summed E-state index contributed by atoms with van der Waals surface area (Å²) in [6.07, 6.45) is 3.33. The van der Waals surface area contributed by atoms with E-state index in [0.717, 1.165) is 19.3 Å². The lowest BCUT2D eigenvalue weighted by atomic mass is 9.80. The van der Waals surface area contributed by atoms with Crippen LogP contribution in [0.25, 0.3) is 5.69 Å². The monoisotopic (exact) mass is 360 g/mol. The van der Waals surface area contributed by atoms with Crippen molar-refractivity contribution in [1.82, 2.24) is 19.7 Å². The van der Waals surface area contributed by atoms with Gasteiger partial charge in [-0.25, -0.2) is 18.9 Å². The summed E-state index contributed by atoms with van der Waals surface area (Å²) >= 11 is 0. The van der Waals surface area contributed by atoms with Gasteiger partial charge in [0.2, 0.25) is 5.82 Å². The molecule has 1 N–H and O–H groups in total. The van der Waals surface area contributed by atoms with E-state index in [4.69, 9.17) is 0 Å². The highest BCUT2D eigenvalue weighted by Crippen LogP contribution is 2.34. The zero-order valence-electron chi connectivity index (χ0n) is 14.8. The summed E-state index contributed by atoms with van der Waals surface area (Å²) in [6.45, 7) is 1.68. The van der Waals surface area contributed by atoms with Crippen LogP contribution in [-0.4, -0.2) is 49.2 Å². The van der Waals surface area contributed by atoms with Crippen molar-refractivity contribution in [3.8, 4) is 5.69 Å². The van der Waals surface area contributed by atoms with Crippen LogP contribution in [0.3, 0.4) is 0 Å². The second-order valence-electron chi connectivity index (χ2n) is 6.63. The molecule has 1 fully saturated rings. The maximum Gasteiger partial charge on any atom is 0.329 e. The lowest BCUT2D eigenvalue weighted by Gasteiger charge is -2.40. The lowest BCUT2D eigenvalue weighted by Crippen LogP contribution is -2.56. The number of hydrogen-bond donors (Lipinski definition) is 1. The van der Waals surface area contributed by atoms with Gasteiger partial charge in [0.1, 0.15) is 17.2 Å². The number of carboxylic acids is 1. The van der Waals surface area contributed by atoms with Crippen LogP contribution >= 0.6 is 0 Å². The van der Waals surface area contributed by atoms with Crippen molar-refractivity contribution < 1.29 is 19.1 Å². The first-order valence-electron chi connectivity index (χ1n) is 8.56. The molecule has 0 saturated heterocycles. The molecule has 1 saturated carbocycles. The Hall–Kier alpha value is -2.77. The molecule has 0 atom stereocenters. The van der Waals surface area contributed by atoms with E-state index in [0.29, 0.717) is 24.4 Å². The average molecular weight is 360 g/mol. The van der Waals surface area contributed by atoms with Crippen molar-refractivity contribution in [3.05, 3.63) is 41.7 Å². The topological polar surface area (TPSA) is 88.3 Å². The number of carbonyl (C=O) groups is 2. The number of aliphatic carboxylic acids is 1. The fourth-order valence-electron chi connectivity index (χ4n) is 3.48. The third-order valence-corrected chi connectivity index (χ3v) is 5.06. The predicted octanol–water partition coefficient (Wildman–Crippen LogP) is 2.57. The zero-order chi connectivity index (χ0) is 18.9. The second-order valence-corrected chi connectivity index (χ2v) is 6.63. The summed E-state index contributed by atoms with van der Waals surface area (Å²) < 4.78 is 14.5. The van der Waals surface area contributed by atoms with Gasteiger partial charge < -0.3 is 10.0 Å². The molecule has 0 radical (unpaired) electrons. The highest BCUT2D eigenvalue weighted by atomic mass is 19.1. The summed E-state index contributed by atoms with van der Waals surface area (Å²) in [5.41, 5.74) is -0.645. The first-order valence-corrected chi connectivity index (χ1v) is 8.56. The highest BCUT2D eigenvalue weighted by molar-refractivity contribution is 5.95. The smallest absolute Gasteiger partial charge is 0.329 e. The summed E-state index contributed by atoms with van der Waals surface area (Å²) in [7, 11) is 1.50. The third kappa shape index (κ3) is 3.07. The number of nitrogens with zero attached hydrogens (tertiary/aromatic N) is 4. The maximum absolute atomic E-state index is 13.1. The molecule has 1 aromatic heterocycles. The van der Waals surface area contributed by atoms with E-state index in [-0.39, 0.29) is 11.6 Å². The summed E-state index contributed by atoms with van der Waals surface area (Å²) in [5, 5.41) is 14.0. The van der Waals surface area contributed by atoms with Crippen LogP contribution in [0.15, 0.2) is 24.3 Å². The van der Waals surface area contributed by atoms with Gasteiger partial charge in [-0.3, -0.25) is 4.79 Å². The molecule has 26 heavy (non-hydrogen) atoms. The molecule has 8 heteroatoms. The Balaban J connectivity index is 1.91. The average Bonchev–Trinajstić information content (AvgIpc) is 3.03. The Morgan fingerprint density at radius 2 is 1.81 bits per heavy atom. The van der Waals surface area contributed by atoms with Crippen molar-refractivity contribution in [2.75, 3.05) is 7.05 Å². The number of carboxylic acid groups (broad SMARTS) is 1. The number of amides is 1. The first kappa shape index (κ1) is 18.0. The lowest BCUT2D eigenvalue weighted by molar-refractivity contribution is -0.151. The molecule has 0 bridgehead atoms. The number of likely N-dealkylation sites (N-methyl/N-ethyl adjacent to an activating group) is 1. The zero-order valence-corrected chi connectivity index (χ0v) is 14.8. The minimum absolute atomic E-state index is 0.0690. The van der Waals surface area contributed by atoms with Crippen molar-refractivity contribution in [2.24, 2.45) is 0 Å². The number of rotatable bonds is 4. The minimum Gasteiger partial charge on any atom is -0.479 e. The summed E-state index contributed by atoms with van der Waals surface area (Å²) in [4.78, 5) is 30.2. The standard InChI is InChI=1S/C18H21FN4O3/c1-12-20-15(21-23(12)14-8-6-13(19)7-9-14)16(24)22(2)18(17(25)26)10-4-3-5-11-18/h6-9H,3-5,10-11H2,1-2H3,(H,25,26). The largest absolute Gasteiger partial charge is 0.479 e. The van der Waals surface area contributed by atoms with E-state index in [2.05, 4.69) is 10.1 Å². The number of halogens is 1. The van der Waals surface area contributed by atoms with Gasteiger partial charge in [-0.2, -0.15) is 0 Å². The van der Waals surface area contributed by atoms with E-state index in [1.165, 1.54) is 40.9 Å². The first-order chi connectivity index (χ1) is 12.3. The Morgan fingerprint density at radius 1 is 1.19 bits per heavy atom. The fraction of sp³-hybridized carbons (Fsp3) is 0.444. The number of aryl methyl sites for hydroxylation is 1. The predicted molar refractivity (Wildman–Crippen MR) is 91.6 cm³/mol. The Kier molecular flexibility index (Phi) is 4.76. The SMILES string of the molecule is Cc1nc(C(=O)N(C)C2(C(=O)O)CCCCC2)nn1-c1ccc(F)cc1.